The monoisotopic (exact) mass is 270 g/mol. The van der Waals surface area contributed by atoms with Gasteiger partial charge in [0, 0.05) is 13.1 Å². The van der Waals surface area contributed by atoms with Gasteiger partial charge in [0.05, 0.1) is 19.3 Å². The number of hydrogen-bond acceptors (Lipinski definition) is 3. The Kier molecular flexibility index (Phi) is 5.35. The van der Waals surface area contributed by atoms with Crippen molar-refractivity contribution in [3.05, 3.63) is 12.7 Å². The zero-order valence-corrected chi connectivity index (χ0v) is 11.5. The molecule has 0 bridgehead atoms. The molecule has 0 aromatic rings. The molecule has 0 spiro atoms. The van der Waals surface area contributed by atoms with E-state index in [9.17, 15) is 14.7 Å². The summed E-state index contributed by atoms with van der Waals surface area (Å²) >= 11 is 0. The van der Waals surface area contributed by atoms with Gasteiger partial charge in [-0.2, -0.15) is 0 Å². The van der Waals surface area contributed by atoms with Gasteiger partial charge in [0.15, 0.2) is 0 Å². The maximum atomic E-state index is 12.1. The molecule has 2 unspecified atom stereocenters. The SMILES string of the molecule is C=CCN(CCC)C(=O)NC1COCC1(C)C(=O)O. The molecule has 1 saturated heterocycles. The molecule has 1 heterocycles. The lowest BCUT2D eigenvalue weighted by atomic mass is 9.85. The third-order valence-electron chi connectivity index (χ3n) is 3.37. The molecule has 0 saturated carbocycles. The van der Waals surface area contributed by atoms with Crippen molar-refractivity contribution < 1.29 is 19.4 Å². The second-order valence-electron chi connectivity index (χ2n) is 4.97. The van der Waals surface area contributed by atoms with E-state index in [0.29, 0.717) is 13.1 Å². The highest BCUT2D eigenvalue weighted by Crippen LogP contribution is 2.28. The van der Waals surface area contributed by atoms with E-state index in [1.165, 1.54) is 0 Å². The minimum absolute atomic E-state index is 0.114. The standard InChI is InChI=1S/C13H22N2O4/c1-4-6-15(7-5-2)12(18)14-10-8-19-9-13(10,3)11(16)17/h4,10H,1,5-9H2,2-3H3,(H,14,18)(H,16,17). The van der Waals surface area contributed by atoms with Crippen molar-refractivity contribution in [3.63, 3.8) is 0 Å². The first-order valence-corrected chi connectivity index (χ1v) is 6.43. The number of ether oxygens (including phenoxy) is 1. The Morgan fingerprint density at radius 2 is 2.32 bits per heavy atom. The Bertz CT molecular complexity index is 359. The van der Waals surface area contributed by atoms with Crippen LogP contribution in [-0.4, -0.2) is 54.4 Å². The molecule has 1 aliphatic rings. The lowest BCUT2D eigenvalue weighted by Crippen LogP contribution is -2.53. The topological polar surface area (TPSA) is 78.9 Å². The zero-order chi connectivity index (χ0) is 14.5. The minimum atomic E-state index is -1.07. The highest BCUT2D eigenvalue weighted by atomic mass is 16.5. The average molecular weight is 270 g/mol. The normalized spacial score (nSPS) is 25.9. The molecule has 6 nitrogen and oxygen atoms in total. The first-order chi connectivity index (χ1) is 8.95. The third kappa shape index (κ3) is 3.47. The second-order valence-corrected chi connectivity index (χ2v) is 4.97. The van der Waals surface area contributed by atoms with Crippen molar-refractivity contribution in [2.24, 2.45) is 5.41 Å². The van der Waals surface area contributed by atoms with Gasteiger partial charge >= 0.3 is 12.0 Å². The molecule has 0 radical (unpaired) electrons. The van der Waals surface area contributed by atoms with E-state index < -0.39 is 17.4 Å². The number of hydrogen-bond donors (Lipinski definition) is 2. The van der Waals surface area contributed by atoms with Crippen LogP contribution in [0, 0.1) is 5.41 Å². The van der Waals surface area contributed by atoms with Gasteiger partial charge in [-0.25, -0.2) is 4.79 Å². The van der Waals surface area contributed by atoms with Gasteiger partial charge in [-0.15, -0.1) is 6.58 Å². The quantitative estimate of drug-likeness (QED) is 0.708. The summed E-state index contributed by atoms with van der Waals surface area (Å²) in [5.41, 5.74) is -1.07. The summed E-state index contributed by atoms with van der Waals surface area (Å²) in [5, 5.41) is 12.0. The zero-order valence-electron chi connectivity index (χ0n) is 11.5. The number of carbonyl (C=O) groups excluding carboxylic acids is 1. The number of amides is 2. The van der Waals surface area contributed by atoms with Crippen LogP contribution in [0.5, 0.6) is 0 Å². The summed E-state index contributed by atoms with van der Waals surface area (Å²) in [6.07, 6.45) is 2.48. The van der Waals surface area contributed by atoms with Crippen molar-refractivity contribution >= 4 is 12.0 Å². The average Bonchev–Trinajstić information content (AvgIpc) is 2.72. The summed E-state index contributed by atoms with van der Waals surface area (Å²) in [4.78, 5) is 25.0. The maximum absolute atomic E-state index is 12.1. The summed E-state index contributed by atoms with van der Waals surface area (Å²) in [6.45, 7) is 8.56. The van der Waals surface area contributed by atoms with E-state index in [-0.39, 0.29) is 19.2 Å². The van der Waals surface area contributed by atoms with Gasteiger partial charge in [-0.3, -0.25) is 4.79 Å². The molecular formula is C13H22N2O4. The minimum Gasteiger partial charge on any atom is -0.481 e. The van der Waals surface area contributed by atoms with Crippen molar-refractivity contribution in [1.82, 2.24) is 10.2 Å². The molecular weight excluding hydrogens is 248 g/mol. The van der Waals surface area contributed by atoms with E-state index in [0.717, 1.165) is 6.42 Å². The van der Waals surface area contributed by atoms with Crippen LogP contribution < -0.4 is 5.32 Å². The smallest absolute Gasteiger partial charge is 0.318 e. The van der Waals surface area contributed by atoms with E-state index in [1.807, 2.05) is 6.92 Å². The molecule has 0 aromatic carbocycles. The summed E-state index contributed by atoms with van der Waals surface area (Å²) < 4.78 is 5.20. The molecule has 19 heavy (non-hydrogen) atoms. The molecule has 6 heteroatoms. The second kappa shape index (κ2) is 6.56. The summed E-state index contributed by atoms with van der Waals surface area (Å²) in [7, 11) is 0. The van der Waals surface area contributed by atoms with Crippen LogP contribution in [0.1, 0.15) is 20.3 Å². The predicted octanol–water partition coefficient (Wildman–Crippen LogP) is 1.08. The first-order valence-electron chi connectivity index (χ1n) is 6.43. The number of rotatable bonds is 6. The highest BCUT2D eigenvalue weighted by molar-refractivity contribution is 5.79. The van der Waals surface area contributed by atoms with Gasteiger partial charge < -0.3 is 20.1 Å². The molecule has 2 N–H and O–H groups in total. The number of urea groups is 1. The van der Waals surface area contributed by atoms with Crippen LogP contribution in [0.4, 0.5) is 4.79 Å². The van der Waals surface area contributed by atoms with Gasteiger partial charge in [0.2, 0.25) is 0 Å². The molecule has 0 aromatic heterocycles. The van der Waals surface area contributed by atoms with Crippen LogP contribution >= 0.6 is 0 Å². The first kappa shape index (κ1) is 15.5. The molecule has 0 aliphatic carbocycles. The Morgan fingerprint density at radius 3 is 2.84 bits per heavy atom. The number of carbonyl (C=O) groups is 2. The van der Waals surface area contributed by atoms with Gasteiger partial charge in [-0.05, 0) is 13.3 Å². The molecule has 1 rings (SSSR count). The number of aliphatic carboxylic acids is 1. The fraction of sp³-hybridized carbons (Fsp3) is 0.692. The third-order valence-corrected chi connectivity index (χ3v) is 3.37. The van der Waals surface area contributed by atoms with Gasteiger partial charge in [0.1, 0.15) is 5.41 Å². The maximum Gasteiger partial charge on any atom is 0.318 e. The molecule has 1 fully saturated rings. The van der Waals surface area contributed by atoms with E-state index in [4.69, 9.17) is 4.74 Å². The Hall–Kier alpha value is -1.56. The van der Waals surface area contributed by atoms with Gasteiger partial charge in [0.25, 0.3) is 0 Å². The Balaban J connectivity index is 2.69. The predicted molar refractivity (Wildman–Crippen MR) is 70.9 cm³/mol. The van der Waals surface area contributed by atoms with E-state index >= 15 is 0 Å². The number of carboxylic acids is 1. The lowest BCUT2D eigenvalue weighted by Gasteiger charge is -2.29. The molecule has 108 valence electrons. The van der Waals surface area contributed by atoms with Crippen molar-refractivity contribution in [2.75, 3.05) is 26.3 Å². The van der Waals surface area contributed by atoms with E-state index in [1.54, 1.807) is 17.9 Å². The molecule has 2 atom stereocenters. The van der Waals surface area contributed by atoms with Crippen molar-refractivity contribution in [1.29, 1.82) is 0 Å². The van der Waals surface area contributed by atoms with E-state index in [2.05, 4.69) is 11.9 Å². The van der Waals surface area contributed by atoms with Gasteiger partial charge in [-0.1, -0.05) is 13.0 Å². The molecule has 2 amide bonds. The van der Waals surface area contributed by atoms with Crippen LogP contribution in [0.15, 0.2) is 12.7 Å². The fourth-order valence-electron chi connectivity index (χ4n) is 2.03. The summed E-state index contributed by atoms with van der Waals surface area (Å²) in [5.74, 6) is -0.957. The number of nitrogens with one attached hydrogen (secondary N) is 1. The largest absolute Gasteiger partial charge is 0.481 e. The van der Waals surface area contributed by atoms with Crippen LogP contribution in [0.25, 0.3) is 0 Å². The lowest BCUT2D eigenvalue weighted by molar-refractivity contribution is -0.148. The van der Waals surface area contributed by atoms with Crippen molar-refractivity contribution in [2.45, 2.75) is 26.3 Å². The number of carboxylic acid groups (broad SMARTS) is 1. The Morgan fingerprint density at radius 1 is 1.63 bits per heavy atom. The molecule has 1 aliphatic heterocycles. The summed E-state index contributed by atoms with van der Waals surface area (Å²) in [6, 6.07) is -0.786. The van der Waals surface area contributed by atoms with Crippen LogP contribution in [0.2, 0.25) is 0 Å². The number of nitrogens with zero attached hydrogens (tertiary/aromatic N) is 1. The fourth-order valence-corrected chi connectivity index (χ4v) is 2.03. The van der Waals surface area contributed by atoms with Crippen LogP contribution in [-0.2, 0) is 9.53 Å². The van der Waals surface area contributed by atoms with Crippen molar-refractivity contribution in [3.8, 4) is 0 Å². The highest BCUT2D eigenvalue weighted by Gasteiger charge is 2.47. The Labute approximate surface area is 113 Å². The van der Waals surface area contributed by atoms with Crippen LogP contribution in [0.3, 0.4) is 0 Å².